The number of amides is 1. The molecule has 1 amide bonds. The topological polar surface area (TPSA) is 29.5 Å². The first-order chi connectivity index (χ1) is 9.83. The minimum atomic E-state index is 0.323. The van der Waals surface area contributed by atoms with Crippen LogP contribution in [0.4, 0.5) is 0 Å². The highest BCUT2D eigenvalue weighted by molar-refractivity contribution is 7.07. The third-order valence-corrected chi connectivity index (χ3v) is 5.27. The van der Waals surface area contributed by atoms with Crippen LogP contribution < -0.4 is 0 Å². The van der Waals surface area contributed by atoms with Crippen molar-refractivity contribution in [3.63, 3.8) is 0 Å². The number of hydrogen-bond donors (Lipinski definition) is 0. The molecule has 3 heterocycles. The Bertz CT molecular complexity index is 418. The van der Waals surface area contributed by atoms with Crippen molar-refractivity contribution >= 4 is 17.2 Å². The summed E-state index contributed by atoms with van der Waals surface area (Å²) < 4.78 is 5.59. The second-order valence-corrected chi connectivity index (χ2v) is 6.67. The Balaban J connectivity index is 1.42. The lowest BCUT2D eigenvalue weighted by Gasteiger charge is -2.32. The van der Waals surface area contributed by atoms with Gasteiger partial charge in [-0.1, -0.05) is 0 Å². The molecule has 2 saturated heterocycles. The SMILES string of the molecule is O=C(CCC1CCCO1)N1CCC(c2ccsc2)CC1. The van der Waals surface area contributed by atoms with E-state index in [1.807, 2.05) is 0 Å². The largest absolute Gasteiger partial charge is 0.378 e. The Labute approximate surface area is 124 Å². The first-order valence-corrected chi connectivity index (χ1v) is 8.68. The van der Waals surface area contributed by atoms with Gasteiger partial charge in [0.1, 0.15) is 0 Å². The van der Waals surface area contributed by atoms with Gasteiger partial charge in [0.15, 0.2) is 0 Å². The number of thiophene rings is 1. The molecule has 0 bridgehead atoms. The maximum absolute atomic E-state index is 12.2. The summed E-state index contributed by atoms with van der Waals surface area (Å²) >= 11 is 1.77. The van der Waals surface area contributed by atoms with Crippen LogP contribution >= 0.6 is 11.3 Å². The van der Waals surface area contributed by atoms with E-state index in [1.54, 1.807) is 11.3 Å². The summed E-state index contributed by atoms with van der Waals surface area (Å²) in [6.07, 6.45) is 6.42. The Hall–Kier alpha value is -0.870. The van der Waals surface area contributed by atoms with Crippen LogP contribution in [-0.2, 0) is 9.53 Å². The Morgan fingerprint density at radius 1 is 1.35 bits per heavy atom. The van der Waals surface area contributed by atoms with Crippen molar-refractivity contribution in [2.24, 2.45) is 0 Å². The quantitative estimate of drug-likeness (QED) is 0.851. The average Bonchev–Trinajstić information content (AvgIpc) is 3.18. The molecule has 4 heteroatoms. The van der Waals surface area contributed by atoms with Gasteiger partial charge in [-0.05, 0) is 60.4 Å². The van der Waals surface area contributed by atoms with Crippen LogP contribution in [0, 0.1) is 0 Å². The van der Waals surface area contributed by atoms with Crippen molar-refractivity contribution in [2.45, 2.75) is 50.5 Å². The van der Waals surface area contributed by atoms with Gasteiger partial charge in [-0.2, -0.15) is 11.3 Å². The molecule has 20 heavy (non-hydrogen) atoms. The van der Waals surface area contributed by atoms with Crippen molar-refractivity contribution < 1.29 is 9.53 Å². The van der Waals surface area contributed by atoms with E-state index in [2.05, 4.69) is 21.7 Å². The van der Waals surface area contributed by atoms with E-state index in [-0.39, 0.29) is 0 Å². The number of carbonyl (C=O) groups excluding carboxylic acids is 1. The normalized spacial score (nSPS) is 24.2. The molecule has 2 aliphatic rings. The summed E-state index contributed by atoms with van der Waals surface area (Å²) in [7, 11) is 0. The molecule has 2 aliphatic heterocycles. The Morgan fingerprint density at radius 2 is 2.20 bits per heavy atom. The van der Waals surface area contributed by atoms with Gasteiger partial charge in [-0.3, -0.25) is 4.79 Å². The number of piperidine rings is 1. The zero-order valence-corrected chi connectivity index (χ0v) is 12.7. The molecule has 0 spiro atoms. The van der Waals surface area contributed by atoms with E-state index in [1.165, 1.54) is 5.56 Å². The van der Waals surface area contributed by atoms with E-state index >= 15 is 0 Å². The number of ether oxygens (including phenoxy) is 1. The summed E-state index contributed by atoms with van der Waals surface area (Å²) in [5.74, 6) is 0.979. The van der Waals surface area contributed by atoms with E-state index in [0.29, 0.717) is 24.3 Å². The molecule has 0 N–H and O–H groups in total. The molecular weight excluding hydrogens is 270 g/mol. The molecule has 2 fully saturated rings. The highest BCUT2D eigenvalue weighted by Crippen LogP contribution is 2.29. The lowest BCUT2D eigenvalue weighted by Crippen LogP contribution is -2.38. The van der Waals surface area contributed by atoms with Gasteiger partial charge in [0.05, 0.1) is 6.10 Å². The highest BCUT2D eigenvalue weighted by atomic mass is 32.1. The lowest BCUT2D eigenvalue weighted by atomic mass is 9.91. The Morgan fingerprint density at radius 3 is 2.85 bits per heavy atom. The fraction of sp³-hybridized carbons (Fsp3) is 0.688. The molecule has 1 aromatic rings. The number of carbonyl (C=O) groups is 1. The monoisotopic (exact) mass is 293 g/mol. The number of likely N-dealkylation sites (tertiary alicyclic amines) is 1. The van der Waals surface area contributed by atoms with Gasteiger partial charge in [-0.25, -0.2) is 0 Å². The van der Waals surface area contributed by atoms with E-state index in [0.717, 1.165) is 51.8 Å². The van der Waals surface area contributed by atoms with Gasteiger partial charge in [0.2, 0.25) is 5.91 Å². The summed E-state index contributed by atoms with van der Waals surface area (Å²) in [6, 6.07) is 2.23. The van der Waals surface area contributed by atoms with E-state index in [4.69, 9.17) is 4.74 Å². The molecular formula is C16H23NO2S. The first-order valence-electron chi connectivity index (χ1n) is 7.74. The molecule has 110 valence electrons. The van der Waals surface area contributed by atoms with Crippen molar-refractivity contribution in [1.29, 1.82) is 0 Å². The van der Waals surface area contributed by atoms with Crippen molar-refractivity contribution in [1.82, 2.24) is 4.90 Å². The van der Waals surface area contributed by atoms with Crippen LogP contribution in [0.1, 0.15) is 50.0 Å². The predicted molar refractivity (Wildman–Crippen MR) is 81.1 cm³/mol. The molecule has 1 aromatic heterocycles. The van der Waals surface area contributed by atoms with Crippen molar-refractivity contribution in [3.05, 3.63) is 22.4 Å². The van der Waals surface area contributed by atoms with Crippen LogP contribution in [-0.4, -0.2) is 36.6 Å². The minimum Gasteiger partial charge on any atom is -0.378 e. The van der Waals surface area contributed by atoms with Crippen molar-refractivity contribution in [3.8, 4) is 0 Å². The zero-order valence-electron chi connectivity index (χ0n) is 11.9. The van der Waals surface area contributed by atoms with E-state index < -0.39 is 0 Å². The summed E-state index contributed by atoms with van der Waals surface area (Å²) in [6.45, 7) is 2.72. The van der Waals surface area contributed by atoms with Gasteiger partial charge < -0.3 is 9.64 Å². The lowest BCUT2D eigenvalue weighted by molar-refractivity contribution is -0.132. The van der Waals surface area contributed by atoms with Crippen LogP contribution in [0.5, 0.6) is 0 Å². The molecule has 0 aliphatic carbocycles. The van der Waals surface area contributed by atoms with Crippen LogP contribution in [0.2, 0.25) is 0 Å². The second-order valence-electron chi connectivity index (χ2n) is 5.89. The van der Waals surface area contributed by atoms with Crippen molar-refractivity contribution in [2.75, 3.05) is 19.7 Å². The van der Waals surface area contributed by atoms with Crippen LogP contribution in [0.25, 0.3) is 0 Å². The van der Waals surface area contributed by atoms with Gasteiger partial charge in [-0.15, -0.1) is 0 Å². The second kappa shape index (κ2) is 6.72. The standard InChI is InChI=1S/C16H23NO2S/c18-16(4-3-15-2-1-10-19-15)17-8-5-13(6-9-17)14-7-11-20-12-14/h7,11-13,15H,1-6,8-10H2. The third-order valence-electron chi connectivity index (χ3n) is 4.57. The summed E-state index contributed by atoms with van der Waals surface area (Å²) in [5.41, 5.74) is 1.46. The number of hydrogen-bond acceptors (Lipinski definition) is 3. The number of nitrogens with zero attached hydrogens (tertiary/aromatic N) is 1. The third kappa shape index (κ3) is 3.41. The molecule has 3 rings (SSSR count). The fourth-order valence-electron chi connectivity index (χ4n) is 3.28. The highest BCUT2D eigenvalue weighted by Gasteiger charge is 2.25. The van der Waals surface area contributed by atoms with Crippen LogP contribution in [0.15, 0.2) is 16.8 Å². The average molecular weight is 293 g/mol. The van der Waals surface area contributed by atoms with Gasteiger partial charge >= 0.3 is 0 Å². The Kier molecular flexibility index (Phi) is 4.73. The summed E-state index contributed by atoms with van der Waals surface area (Å²) in [5, 5.41) is 4.40. The smallest absolute Gasteiger partial charge is 0.222 e. The molecule has 0 aromatic carbocycles. The van der Waals surface area contributed by atoms with Gasteiger partial charge in [0.25, 0.3) is 0 Å². The molecule has 0 radical (unpaired) electrons. The fourth-order valence-corrected chi connectivity index (χ4v) is 4.03. The number of rotatable bonds is 4. The molecule has 1 unspecified atom stereocenters. The maximum atomic E-state index is 12.2. The van der Waals surface area contributed by atoms with Crippen LogP contribution in [0.3, 0.4) is 0 Å². The minimum absolute atomic E-state index is 0.323. The maximum Gasteiger partial charge on any atom is 0.222 e. The predicted octanol–water partition coefficient (Wildman–Crippen LogP) is 3.41. The van der Waals surface area contributed by atoms with E-state index in [9.17, 15) is 4.79 Å². The molecule has 1 atom stereocenters. The first kappa shape index (κ1) is 14.1. The molecule has 0 saturated carbocycles. The molecule has 3 nitrogen and oxygen atoms in total. The summed E-state index contributed by atoms with van der Waals surface area (Å²) in [4.78, 5) is 14.3. The van der Waals surface area contributed by atoms with Gasteiger partial charge in [0, 0.05) is 26.1 Å². The zero-order chi connectivity index (χ0) is 13.8.